The molecule has 13 heteroatoms. The maximum Gasteiger partial charge on any atom is 0.422 e. The number of rotatable bonds is 6. The Morgan fingerprint density at radius 1 is 1.02 bits per heavy atom. The van der Waals surface area contributed by atoms with E-state index in [2.05, 4.69) is 20.6 Å². The van der Waals surface area contributed by atoms with E-state index < -0.39 is 47.4 Å². The Labute approximate surface area is 231 Å². The van der Waals surface area contributed by atoms with Crippen molar-refractivity contribution in [1.82, 2.24) is 20.6 Å². The number of aliphatic hydroxyl groups is 1. The fourth-order valence-corrected chi connectivity index (χ4v) is 5.46. The third kappa shape index (κ3) is 5.30. The molecule has 2 aromatic carbocycles. The SMILES string of the molecule is O=C(O)C1CCC[C@H](N[C@@H]2COc3cc(-c4noc(-c5onc(-c6ccccc6)c5C(F)(F)F)n4)ccc3[C@@H]2O)C1. The van der Waals surface area contributed by atoms with E-state index in [4.69, 9.17) is 13.8 Å². The normalized spacial score (nSPS) is 22.6. The van der Waals surface area contributed by atoms with E-state index in [1.807, 2.05) is 0 Å². The number of aliphatic hydroxyl groups excluding tert-OH is 1. The molecule has 6 rings (SSSR count). The summed E-state index contributed by atoms with van der Waals surface area (Å²) in [6.45, 7) is 0.138. The van der Waals surface area contributed by atoms with Crippen molar-refractivity contribution in [2.45, 2.75) is 50.0 Å². The van der Waals surface area contributed by atoms with Crippen molar-refractivity contribution in [2.75, 3.05) is 6.61 Å². The van der Waals surface area contributed by atoms with Crippen LogP contribution < -0.4 is 10.1 Å². The lowest BCUT2D eigenvalue weighted by molar-refractivity contribution is -0.143. The number of halogens is 3. The molecule has 0 spiro atoms. The minimum Gasteiger partial charge on any atom is -0.491 e. The largest absolute Gasteiger partial charge is 0.491 e. The van der Waals surface area contributed by atoms with Gasteiger partial charge in [0.25, 0.3) is 5.89 Å². The number of nitrogens with one attached hydrogen (secondary N) is 1. The van der Waals surface area contributed by atoms with Crippen LogP contribution in [0.15, 0.2) is 57.6 Å². The number of nitrogens with zero attached hydrogens (tertiary/aromatic N) is 3. The molecule has 0 radical (unpaired) electrons. The van der Waals surface area contributed by atoms with Crippen LogP contribution in [0.3, 0.4) is 0 Å². The Kier molecular flexibility index (Phi) is 6.99. The van der Waals surface area contributed by atoms with Gasteiger partial charge in [-0.25, -0.2) is 0 Å². The van der Waals surface area contributed by atoms with Crippen LogP contribution in [-0.2, 0) is 11.0 Å². The zero-order chi connectivity index (χ0) is 28.7. The number of fused-ring (bicyclic) bond motifs is 1. The Morgan fingerprint density at radius 2 is 1.83 bits per heavy atom. The zero-order valence-corrected chi connectivity index (χ0v) is 21.5. The molecule has 3 N–H and O–H groups in total. The van der Waals surface area contributed by atoms with Crippen LogP contribution in [0.25, 0.3) is 34.3 Å². The second kappa shape index (κ2) is 10.6. The van der Waals surface area contributed by atoms with Gasteiger partial charge >= 0.3 is 12.1 Å². The highest BCUT2D eigenvalue weighted by atomic mass is 19.4. The van der Waals surface area contributed by atoms with E-state index in [9.17, 15) is 28.2 Å². The van der Waals surface area contributed by atoms with Crippen molar-refractivity contribution in [1.29, 1.82) is 0 Å². The van der Waals surface area contributed by atoms with E-state index in [1.54, 1.807) is 36.4 Å². The quantitative estimate of drug-likeness (QED) is 0.286. The maximum atomic E-state index is 14.0. The second-order valence-corrected chi connectivity index (χ2v) is 10.2. The Hall–Kier alpha value is -4.23. The van der Waals surface area contributed by atoms with Crippen molar-refractivity contribution in [3.8, 4) is 40.0 Å². The number of alkyl halides is 3. The van der Waals surface area contributed by atoms with Gasteiger partial charge in [-0.15, -0.1) is 0 Å². The van der Waals surface area contributed by atoms with Crippen LogP contribution in [0, 0.1) is 5.92 Å². The molecule has 1 unspecified atom stereocenters. The van der Waals surface area contributed by atoms with E-state index in [-0.39, 0.29) is 29.7 Å². The number of ether oxygens (including phenoxy) is 1. The predicted octanol–water partition coefficient (Wildman–Crippen LogP) is 5.10. The first-order valence-electron chi connectivity index (χ1n) is 13.1. The molecule has 3 heterocycles. The van der Waals surface area contributed by atoms with Gasteiger partial charge in [-0.05, 0) is 25.3 Å². The van der Waals surface area contributed by atoms with Crippen LogP contribution >= 0.6 is 0 Å². The number of carboxylic acid groups (broad SMARTS) is 1. The van der Waals surface area contributed by atoms with Crippen LogP contribution in [0.1, 0.15) is 42.9 Å². The molecule has 10 nitrogen and oxygen atoms in total. The molecule has 0 bridgehead atoms. The summed E-state index contributed by atoms with van der Waals surface area (Å²) in [4.78, 5) is 15.5. The number of hydrogen-bond donors (Lipinski definition) is 3. The number of aromatic nitrogens is 3. The Morgan fingerprint density at radius 3 is 2.59 bits per heavy atom. The number of benzene rings is 2. The summed E-state index contributed by atoms with van der Waals surface area (Å²) in [7, 11) is 0. The van der Waals surface area contributed by atoms with Gasteiger partial charge in [-0.1, -0.05) is 59.2 Å². The molecule has 214 valence electrons. The van der Waals surface area contributed by atoms with Crippen molar-refractivity contribution >= 4 is 5.97 Å². The molecule has 4 aromatic rings. The van der Waals surface area contributed by atoms with Gasteiger partial charge in [0.2, 0.25) is 11.6 Å². The Bertz CT molecular complexity index is 1550. The third-order valence-corrected chi connectivity index (χ3v) is 7.51. The standard InChI is InChI=1S/C28H25F3N4O6/c29-28(30,31)21-22(14-5-2-1-3-6-14)34-40-24(21)26-33-25(35-41-26)15-9-10-18-20(12-15)39-13-19(23(18)36)32-17-8-4-7-16(11-17)27(37)38/h1-3,5-6,9-10,12,16-17,19,23,32,36H,4,7-8,11,13H2,(H,37,38)/t16?,17-,19+,23-/m0/s1. The molecule has 0 saturated heterocycles. The number of hydrogen-bond acceptors (Lipinski definition) is 9. The monoisotopic (exact) mass is 570 g/mol. The van der Waals surface area contributed by atoms with Gasteiger partial charge in [0.15, 0.2) is 0 Å². The van der Waals surface area contributed by atoms with Crippen LogP contribution in [0.2, 0.25) is 0 Å². The number of aliphatic carboxylic acids is 1. The van der Waals surface area contributed by atoms with E-state index >= 15 is 0 Å². The van der Waals surface area contributed by atoms with Gasteiger partial charge < -0.3 is 29.3 Å². The molecule has 41 heavy (non-hydrogen) atoms. The smallest absolute Gasteiger partial charge is 0.422 e. The molecule has 4 atom stereocenters. The summed E-state index contributed by atoms with van der Waals surface area (Å²) >= 11 is 0. The molecule has 2 aromatic heterocycles. The minimum atomic E-state index is -4.80. The molecule has 1 aliphatic heterocycles. The van der Waals surface area contributed by atoms with E-state index in [0.717, 1.165) is 12.8 Å². The van der Waals surface area contributed by atoms with Crippen molar-refractivity contribution in [3.63, 3.8) is 0 Å². The average Bonchev–Trinajstić information content (AvgIpc) is 3.63. The lowest BCUT2D eigenvalue weighted by Gasteiger charge is -2.36. The topological polar surface area (TPSA) is 144 Å². The first-order valence-corrected chi connectivity index (χ1v) is 13.1. The molecular formula is C28H25F3N4O6. The number of carboxylic acids is 1. The molecule has 1 aliphatic carbocycles. The third-order valence-electron chi connectivity index (χ3n) is 7.51. The first-order chi connectivity index (χ1) is 19.7. The van der Waals surface area contributed by atoms with Gasteiger partial charge in [0.05, 0.1) is 12.0 Å². The average molecular weight is 571 g/mol. The summed E-state index contributed by atoms with van der Waals surface area (Å²) in [5, 5.41) is 31.2. The minimum absolute atomic E-state index is 0.00570. The summed E-state index contributed by atoms with van der Waals surface area (Å²) in [6, 6.07) is 12.1. The lowest BCUT2D eigenvalue weighted by atomic mass is 9.85. The molecule has 0 amide bonds. The highest BCUT2D eigenvalue weighted by Gasteiger charge is 2.43. The van der Waals surface area contributed by atoms with E-state index in [1.165, 1.54) is 12.1 Å². The zero-order valence-electron chi connectivity index (χ0n) is 21.5. The maximum absolute atomic E-state index is 14.0. The molecule has 1 saturated carbocycles. The summed E-state index contributed by atoms with van der Waals surface area (Å²) in [5.74, 6) is -2.04. The second-order valence-electron chi connectivity index (χ2n) is 10.2. The van der Waals surface area contributed by atoms with Crippen molar-refractivity contribution in [3.05, 3.63) is 59.7 Å². The van der Waals surface area contributed by atoms with Crippen LogP contribution in [-0.4, -0.2) is 50.2 Å². The van der Waals surface area contributed by atoms with Gasteiger partial charge in [0, 0.05) is 22.7 Å². The lowest BCUT2D eigenvalue weighted by Crippen LogP contribution is -2.49. The van der Waals surface area contributed by atoms with Gasteiger partial charge in [-0.3, -0.25) is 4.79 Å². The fourth-order valence-electron chi connectivity index (χ4n) is 5.46. The molecule has 2 aliphatic rings. The molecular weight excluding hydrogens is 545 g/mol. The fraction of sp³-hybridized carbons (Fsp3) is 0.357. The van der Waals surface area contributed by atoms with E-state index in [0.29, 0.717) is 29.7 Å². The highest BCUT2D eigenvalue weighted by Crippen LogP contribution is 2.43. The summed E-state index contributed by atoms with van der Waals surface area (Å²) in [6.07, 6.45) is -2.99. The summed E-state index contributed by atoms with van der Waals surface area (Å²) in [5.41, 5.74) is -0.391. The van der Waals surface area contributed by atoms with Gasteiger partial charge in [0.1, 0.15) is 29.7 Å². The highest BCUT2D eigenvalue weighted by molar-refractivity contribution is 5.71. The Balaban J connectivity index is 1.22. The summed E-state index contributed by atoms with van der Waals surface area (Å²) < 4.78 is 58.2. The van der Waals surface area contributed by atoms with Crippen molar-refractivity contribution in [2.24, 2.45) is 5.92 Å². The first kappa shape index (κ1) is 27.0. The van der Waals surface area contributed by atoms with Crippen LogP contribution in [0.5, 0.6) is 5.75 Å². The van der Waals surface area contributed by atoms with Gasteiger partial charge in [-0.2, -0.15) is 18.2 Å². The van der Waals surface area contributed by atoms with Crippen molar-refractivity contribution < 1.29 is 42.0 Å². The number of carbonyl (C=O) groups is 1. The molecule has 1 fully saturated rings. The predicted molar refractivity (Wildman–Crippen MR) is 136 cm³/mol. The van der Waals surface area contributed by atoms with Crippen LogP contribution in [0.4, 0.5) is 13.2 Å².